The van der Waals surface area contributed by atoms with Crippen LogP contribution < -0.4 is 10.1 Å². The first-order chi connectivity index (χ1) is 9.35. The van der Waals surface area contributed by atoms with Crippen molar-refractivity contribution in [1.82, 2.24) is 5.32 Å². The predicted molar refractivity (Wildman–Crippen MR) is 72.8 cm³/mol. The first-order valence-electron chi connectivity index (χ1n) is 6.82. The van der Waals surface area contributed by atoms with Crippen molar-refractivity contribution in [3.8, 4) is 5.75 Å². The Morgan fingerprint density at radius 3 is 2.70 bits per heavy atom. The van der Waals surface area contributed by atoms with Crippen molar-refractivity contribution in [2.45, 2.75) is 45.4 Å². The average Bonchev–Trinajstić information content (AvgIpc) is 2.82. The van der Waals surface area contributed by atoms with Gasteiger partial charge in [0.1, 0.15) is 11.9 Å². The summed E-state index contributed by atoms with van der Waals surface area (Å²) in [6.45, 7) is 7.39. The molecule has 1 aromatic rings. The molecular weight excluding hydrogens is 264 g/mol. The summed E-state index contributed by atoms with van der Waals surface area (Å²) in [4.78, 5) is 0. The van der Waals surface area contributed by atoms with Crippen LogP contribution in [-0.2, 0) is 11.3 Å². The summed E-state index contributed by atoms with van der Waals surface area (Å²) in [6, 6.07) is 2.17. The van der Waals surface area contributed by atoms with E-state index in [4.69, 9.17) is 9.47 Å². The number of ether oxygens (including phenoxy) is 2. The van der Waals surface area contributed by atoms with Crippen LogP contribution in [0, 0.1) is 11.6 Å². The van der Waals surface area contributed by atoms with E-state index in [1.165, 1.54) is 6.07 Å². The van der Waals surface area contributed by atoms with Crippen LogP contribution in [0.3, 0.4) is 0 Å². The van der Waals surface area contributed by atoms with E-state index in [-0.39, 0.29) is 17.4 Å². The smallest absolute Gasteiger partial charge is 0.168 e. The van der Waals surface area contributed by atoms with E-state index in [0.29, 0.717) is 25.3 Å². The molecule has 0 amide bonds. The highest BCUT2D eigenvalue weighted by Gasteiger charge is 2.22. The summed E-state index contributed by atoms with van der Waals surface area (Å²) in [5, 5.41) is 3.21. The summed E-state index contributed by atoms with van der Waals surface area (Å²) in [7, 11) is 0. The maximum absolute atomic E-state index is 14.0. The van der Waals surface area contributed by atoms with Gasteiger partial charge in [0.25, 0.3) is 0 Å². The van der Waals surface area contributed by atoms with E-state index in [9.17, 15) is 8.78 Å². The Morgan fingerprint density at radius 2 is 2.10 bits per heavy atom. The standard InChI is InChI=1S/C15H21F2NO2/c1-15(2,3)18-8-10-6-11(16)7-13(17)14(10)20-12-4-5-19-9-12/h6-7,12,18H,4-5,8-9H2,1-3H3/t12-/m0/s1. The Bertz CT molecular complexity index is 466. The van der Waals surface area contributed by atoms with Gasteiger partial charge in [0.15, 0.2) is 11.6 Å². The highest BCUT2D eigenvalue weighted by molar-refractivity contribution is 5.36. The number of halogens is 2. The fourth-order valence-electron chi connectivity index (χ4n) is 2.01. The molecule has 1 aliphatic heterocycles. The van der Waals surface area contributed by atoms with Gasteiger partial charge in [0, 0.05) is 30.1 Å². The lowest BCUT2D eigenvalue weighted by molar-refractivity contribution is 0.137. The topological polar surface area (TPSA) is 30.5 Å². The number of hydrogen-bond donors (Lipinski definition) is 1. The molecule has 0 spiro atoms. The van der Waals surface area contributed by atoms with Gasteiger partial charge in [-0.3, -0.25) is 0 Å². The monoisotopic (exact) mass is 285 g/mol. The van der Waals surface area contributed by atoms with Crippen molar-refractivity contribution < 1.29 is 18.3 Å². The highest BCUT2D eigenvalue weighted by Crippen LogP contribution is 2.27. The molecule has 0 unspecified atom stereocenters. The van der Waals surface area contributed by atoms with E-state index in [1.807, 2.05) is 20.8 Å². The number of hydrogen-bond acceptors (Lipinski definition) is 3. The average molecular weight is 285 g/mol. The van der Waals surface area contributed by atoms with Crippen molar-refractivity contribution in [3.63, 3.8) is 0 Å². The molecule has 1 heterocycles. The largest absolute Gasteiger partial charge is 0.485 e. The molecule has 0 aliphatic carbocycles. The van der Waals surface area contributed by atoms with Crippen molar-refractivity contribution in [2.24, 2.45) is 0 Å². The predicted octanol–water partition coefficient (Wildman–Crippen LogP) is 3.02. The molecule has 1 atom stereocenters. The van der Waals surface area contributed by atoms with E-state index in [0.717, 1.165) is 12.5 Å². The van der Waals surface area contributed by atoms with Crippen LogP contribution in [0.15, 0.2) is 12.1 Å². The highest BCUT2D eigenvalue weighted by atomic mass is 19.1. The van der Waals surface area contributed by atoms with Gasteiger partial charge in [-0.15, -0.1) is 0 Å². The van der Waals surface area contributed by atoms with Gasteiger partial charge in [-0.05, 0) is 26.8 Å². The summed E-state index contributed by atoms with van der Waals surface area (Å²) < 4.78 is 38.2. The first kappa shape index (κ1) is 15.2. The SMILES string of the molecule is CC(C)(C)NCc1cc(F)cc(F)c1O[C@H]1CCOC1. The lowest BCUT2D eigenvalue weighted by Crippen LogP contribution is -2.35. The van der Waals surface area contributed by atoms with Crippen LogP contribution in [0.25, 0.3) is 0 Å². The van der Waals surface area contributed by atoms with E-state index in [1.54, 1.807) is 0 Å². The second kappa shape index (κ2) is 6.06. The van der Waals surface area contributed by atoms with Crippen LogP contribution in [0.4, 0.5) is 8.78 Å². The van der Waals surface area contributed by atoms with Crippen molar-refractivity contribution in [3.05, 3.63) is 29.3 Å². The van der Waals surface area contributed by atoms with E-state index in [2.05, 4.69) is 5.32 Å². The molecule has 20 heavy (non-hydrogen) atoms. The number of rotatable bonds is 4. The normalized spacial score (nSPS) is 19.4. The van der Waals surface area contributed by atoms with Crippen molar-refractivity contribution in [2.75, 3.05) is 13.2 Å². The zero-order valence-corrected chi connectivity index (χ0v) is 12.1. The quantitative estimate of drug-likeness (QED) is 0.922. The summed E-state index contributed by atoms with van der Waals surface area (Å²) in [5.74, 6) is -1.13. The third kappa shape index (κ3) is 4.15. The minimum atomic E-state index is -0.664. The van der Waals surface area contributed by atoms with Gasteiger partial charge < -0.3 is 14.8 Å². The lowest BCUT2D eigenvalue weighted by Gasteiger charge is -2.22. The van der Waals surface area contributed by atoms with Crippen molar-refractivity contribution >= 4 is 0 Å². The molecule has 0 saturated carbocycles. The third-order valence-corrected chi connectivity index (χ3v) is 3.07. The molecule has 0 aromatic heterocycles. The molecule has 112 valence electrons. The van der Waals surface area contributed by atoms with Gasteiger partial charge in [0.05, 0.1) is 13.2 Å². The molecular formula is C15H21F2NO2. The molecule has 0 bridgehead atoms. The molecule has 2 rings (SSSR count). The molecule has 0 radical (unpaired) electrons. The molecule has 3 nitrogen and oxygen atoms in total. The Kier molecular flexibility index (Phi) is 4.60. The fraction of sp³-hybridized carbons (Fsp3) is 0.600. The van der Waals surface area contributed by atoms with Crippen LogP contribution in [0.1, 0.15) is 32.8 Å². The zero-order valence-electron chi connectivity index (χ0n) is 12.1. The van der Waals surface area contributed by atoms with Gasteiger partial charge in [0.2, 0.25) is 0 Å². The zero-order chi connectivity index (χ0) is 14.8. The molecule has 5 heteroatoms. The van der Waals surface area contributed by atoms with E-state index < -0.39 is 11.6 Å². The summed E-state index contributed by atoms with van der Waals surface area (Å²) >= 11 is 0. The third-order valence-electron chi connectivity index (χ3n) is 3.07. The van der Waals surface area contributed by atoms with Gasteiger partial charge in [-0.1, -0.05) is 0 Å². The second-order valence-electron chi connectivity index (χ2n) is 6.08. The number of benzene rings is 1. The Balaban J connectivity index is 2.18. The first-order valence-corrected chi connectivity index (χ1v) is 6.82. The van der Waals surface area contributed by atoms with E-state index >= 15 is 0 Å². The summed E-state index contributed by atoms with van der Waals surface area (Å²) in [5.41, 5.74) is 0.348. The lowest BCUT2D eigenvalue weighted by atomic mass is 10.1. The second-order valence-corrected chi connectivity index (χ2v) is 6.08. The van der Waals surface area contributed by atoms with Gasteiger partial charge in [-0.25, -0.2) is 8.78 Å². The van der Waals surface area contributed by atoms with Crippen LogP contribution >= 0.6 is 0 Å². The van der Waals surface area contributed by atoms with Crippen molar-refractivity contribution in [1.29, 1.82) is 0 Å². The Labute approximate surface area is 118 Å². The molecule has 1 aromatic carbocycles. The molecule has 1 aliphatic rings. The minimum absolute atomic E-state index is 0.124. The molecule has 1 fully saturated rings. The van der Waals surface area contributed by atoms with Gasteiger partial charge >= 0.3 is 0 Å². The fourth-order valence-corrected chi connectivity index (χ4v) is 2.01. The minimum Gasteiger partial charge on any atom is -0.485 e. The molecule has 1 N–H and O–H groups in total. The molecule has 1 saturated heterocycles. The maximum atomic E-state index is 14.0. The van der Waals surface area contributed by atoms with Crippen LogP contribution in [-0.4, -0.2) is 24.9 Å². The maximum Gasteiger partial charge on any atom is 0.168 e. The summed E-state index contributed by atoms with van der Waals surface area (Å²) in [6.07, 6.45) is 0.562. The van der Waals surface area contributed by atoms with Gasteiger partial charge in [-0.2, -0.15) is 0 Å². The number of nitrogens with one attached hydrogen (secondary N) is 1. The Morgan fingerprint density at radius 1 is 1.35 bits per heavy atom. The van der Waals surface area contributed by atoms with Crippen LogP contribution in [0.2, 0.25) is 0 Å². The Hall–Kier alpha value is -1.20. The van der Waals surface area contributed by atoms with Crippen LogP contribution in [0.5, 0.6) is 5.75 Å².